The highest BCUT2D eigenvalue weighted by molar-refractivity contribution is 7.89. The molecule has 0 radical (unpaired) electrons. The van der Waals surface area contributed by atoms with Crippen molar-refractivity contribution in [2.45, 2.75) is 56.9 Å². The van der Waals surface area contributed by atoms with Crippen molar-refractivity contribution in [2.75, 3.05) is 36.8 Å². The van der Waals surface area contributed by atoms with Crippen molar-refractivity contribution in [3.05, 3.63) is 48.2 Å². The van der Waals surface area contributed by atoms with Crippen molar-refractivity contribution in [1.82, 2.24) is 14.6 Å². The van der Waals surface area contributed by atoms with Crippen molar-refractivity contribution >= 4 is 27.4 Å². The summed E-state index contributed by atoms with van der Waals surface area (Å²) in [5.74, 6) is 1.65. The highest BCUT2D eigenvalue weighted by Gasteiger charge is 2.32. The van der Waals surface area contributed by atoms with Crippen LogP contribution in [-0.4, -0.2) is 56.4 Å². The van der Waals surface area contributed by atoms with Gasteiger partial charge in [0.25, 0.3) is 0 Å². The second-order valence-electron chi connectivity index (χ2n) is 9.95. The second kappa shape index (κ2) is 11.4. The van der Waals surface area contributed by atoms with Gasteiger partial charge in [-0.2, -0.15) is 4.72 Å². The number of likely N-dealkylation sites (tertiary alicyclic amines) is 1. The van der Waals surface area contributed by atoms with Gasteiger partial charge in [0, 0.05) is 32.4 Å². The molecule has 0 saturated carbocycles. The van der Waals surface area contributed by atoms with Crippen LogP contribution >= 0.6 is 0 Å². The first-order valence-electron chi connectivity index (χ1n) is 12.7. The number of fused-ring (bicyclic) bond motifs is 1. The molecule has 4 rings (SSSR count). The summed E-state index contributed by atoms with van der Waals surface area (Å²) in [5, 5.41) is 6.54. The normalized spacial score (nSPS) is 19.5. The molecule has 2 atom stereocenters. The van der Waals surface area contributed by atoms with E-state index in [9.17, 15) is 13.2 Å². The molecule has 1 fully saturated rings. The molecule has 1 aromatic carbocycles. The third kappa shape index (κ3) is 6.52. The molecule has 2 aliphatic rings. The molecule has 2 aliphatic heterocycles. The number of piperidine rings is 1. The summed E-state index contributed by atoms with van der Waals surface area (Å²) in [6.07, 6.45) is 5.47. The highest BCUT2D eigenvalue weighted by atomic mass is 32.2. The van der Waals surface area contributed by atoms with Crippen LogP contribution in [-0.2, 0) is 21.2 Å². The molecular formula is C26H37N5O3S. The Morgan fingerprint density at radius 2 is 1.94 bits per heavy atom. The molecule has 3 heterocycles. The maximum absolute atomic E-state index is 13.5. The molecule has 1 aromatic heterocycles. The third-order valence-corrected chi connectivity index (χ3v) is 8.44. The first-order valence-corrected chi connectivity index (χ1v) is 14.1. The molecule has 190 valence electrons. The number of rotatable bonds is 9. The zero-order chi connectivity index (χ0) is 24.8. The number of hydrogen-bond donors (Lipinski definition) is 3. The Morgan fingerprint density at radius 3 is 2.69 bits per heavy atom. The molecule has 3 N–H and O–H groups in total. The number of hydrogen-bond acceptors (Lipinski definition) is 6. The summed E-state index contributed by atoms with van der Waals surface area (Å²) in [5.41, 5.74) is 1.66. The van der Waals surface area contributed by atoms with Crippen molar-refractivity contribution in [1.29, 1.82) is 0 Å². The maximum Gasteiger partial charge on any atom is 0.243 e. The lowest BCUT2D eigenvalue weighted by molar-refractivity contribution is -0.134. The van der Waals surface area contributed by atoms with E-state index in [4.69, 9.17) is 0 Å². The Bertz CT molecular complexity index is 1100. The number of nitrogens with zero attached hydrogens (tertiary/aromatic N) is 2. The summed E-state index contributed by atoms with van der Waals surface area (Å²) >= 11 is 0. The lowest BCUT2D eigenvalue weighted by Crippen LogP contribution is -2.50. The minimum atomic E-state index is -3.89. The van der Waals surface area contributed by atoms with Gasteiger partial charge in [0.15, 0.2) is 0 Å². The molecule has 1 saturated heterocycles. The van der Waals surface area contributed by atoms with E-state index < -0.39 is 16.1 Å². The van der Waals surface area contributed by atoms with Crippen LogP contribution < -0.4 is 15.4 Å². The monoisotopic (exact) mass is 499 g/mol. The molecular weight excluding hydrogens is 462 g/mol. The van der Waals surface area contributed by atoms with Crippen LogP contribution in [0, 0.1) is 11.8 Å². The van der Waals surface area contributed by atoms with Gasteiger partial charge >= 0.3 is 0 Å². The predicted molar refractivity (Wildman–Crippen MR) is 139 cm³/mol. The van der Waals surface area contributed by atoms with Gasteiger partial charge in [0.1, 0.15) is 16.8 Å². The Kier molecular flexibility index (Phi) is 8.28. The highest BCUT2D eigenvalue weighted by Crippen LogP contribution is 2.31. The topological polar surface area (TPSA) is 103 Å². The van der Waals surface area contributed by atoms with E-state index in [1.807, 2.05) is 29.2 Å². The molecule has 0 bridgehead atoms. The number of para-hydroxylation sites is 1. The number of aromatic nitrogens is 1. The van der Waals surface area contributed by atoms with Crippen LogP contribution in [0.15, 0.2) is 47.5 Å². The van der Waals surface area contributed by atoms with Crippen LogP contribution in [0.1, 0.15) is 45.1 Å². The molecule has 0 aliphatic carbocycles. The van der Waals surface area contributed by atoms with Gasteiger partial charge in [-0.1, -0.05) is 32.0 Å². The zero-order valence-corrected chi connectivity index (χ0v) is 21.5. The Morgan fingerprint density at radius 1 is 1.14 bits per heavy atom. The van der Waals surface area contributed by atoms with Gasteiger partial charge in [-0.3, -0.25) is 4.79 Å². The molecule has 1 amide bonds. The molecule has 2 unspecified atom stereocenters. The van der Waals surface area contributed by atoms with Crippen molar-refractivity contribution in [3.8, 4) is 0 Å². The fourth-order valence-corrected chi connectivity index (χ4v) is 6.27. The van der Waals surface area contributed by atoms with E-state index in [2.05, 4.69) is 34.2 Å². The van der Waals surface area contributed by atoms with Crippen LogP contribution in [0.25, 0.3) is 0 Å². The molecule has 9 heteroatoms. The molecule has 8 nitrogen and oxygen atoms in total. The lowest BCUT2D eigenvalue weighted by Gasteiger charge is -2.33. The molecule has 35 heavy (non-hydrogen) atoms. The first kappa shape index (κ1) is 25.4. The summed E-state index contributed by atoms with van der Waals surface area (Å²) < 4.78 is 29.9. The average Bonchev–Trinajstić information content (AvgIpc) is 2.86. The van der Waals surface area contributed by atoms with Gasteiger partial charge in [-0.25, -0.2) is 13.4 Å². The van der Waals surface area contributed by atoms with Gasteiger partial charge in [-0.15, -0.1) is 0 Å². The number of carbonyl (C=O) groups excluding carboxylic acids is 1. The van der Waals surface area contributed by atoms with E-state index in [1.54, 1.807) is 18.3 Å². The fraction of sp³-hybridized carbons (Fsp3) is 0.538. The smallest absolute Gasteiger partial charge is 0.243 e. The van der Waals surface area contributed by atoms with Gasteiger partial charge in [0.05, 0.1) is 5.69 Å². The van der Waals surface area contributed by atoms with Crippen molar-refractivity contribution < 1.29 is 13.2 Å². The Hall–Kier alpha value is -2.65. The Balaban J connectivity index is 1.49. The van der Waals surface area contributed by atoms with E-state index in [0.717, 1.165) is 37.2 Å². The summed E-state index contributed by atoms with van der Waals surface area (Å²) in [4.78, 5) is 19.8. The summed E-state index contributed by atoms with van der Waals surface area (Å²) in [6, 6.07) is 10.2. The number of nitrogens with one attached hydrogen (secondary N) is 3. The van der Waals surface area contributed by atoms with Crippen LogP contribution in [0.3, 0.4) is 0 Å². The number of anilines is 2. The van der Waals surface area contributed by atoms with Crippen molar-refractivity contribution in [2.24, 2.45) is 11.8 Å². The second-order valence-corrected chi connectivity index (χ2v) is 11.6. The van der Waals surface area contributed by atoms with Crippen LogP contribution in [0.5, 0.6) is 0 Å². The van der Waals surface area contributed by atoms with Crippen LogP contribution in [0.4, 0.5) is 11.5 Å². The number of sulfonamides is 1. The minimum Gasteiger partial charge on any atom is -0.383 e. The summed E-state index contributed by atoms with van der Waals surface area (Å²) in [6.45, 7) is 7.00. The Labute approximate surface area is 209 Å². The number of carbonyl (C=O) groups is 1. The predicted octanol–water partition coefficient (Wildman–Crippen LogP) is 3.48. The quantitative estimate of drug-likeness (QED) is 0.457. The fourth-order valence-electron chi connectivity index (χ4n) is 4.82. The minimum absolute atomic E-state index is 0.135. The maximum atomic E-state index is 13.5. The van der Waals surface area contributed by atoms with Crippen molar-refractivity contribution in [3.63, 3.8) is 0 Å². The third-order valence-electron chi connectivity index (χ3n) is 6.93. The summed E-state index contributed by atoms with van der Waals surface area (Å²) in [7, 11) is -3.89. The van der Waals surface area contributed by atoms with E-state index in [1.165, 1.54) is 0 Å². The first-order chi connectivity index (χ1) is 16.8. The van der Waals surface area contributed by atoms with E-state index in [-0.39, 0.29) is 10.8 Å². The number of amides is 1. The van der Waals surface area contributed by atoms with E-state index in [0.29, 0.717) is 50.0 Å². The largest absolute Gasteiger partial charge is 0.383 e. The lowest BCUT2D eigenvalue weighted by atomic mass is 9.96. The number of benzene rings is 1. The van der Waals surface area contributed by atoms with Gasteiger partial charge in [0.2, 0.25) is 15.9 Å². The van der Waals surface area contributed by atoms with E-state index >= 15 is 0 Å². The molecule has 0 spiro atoms. The standard InChI is InChI=1S/C26H37N5O3S/c1-19-11-15-31(16-12-19)26(32)22(8-6-14-28-24-10-3-4-13-27-24)30-35(33,34)23-9-5-7-21-17-20(2)18-29-25(21)23/h3-5,7,9-10,13,19-20,22,29-30H,6,8,11-12,14-18H2,1-2H3,(H,27,28). The number of pyridine rings is 1. The van der Waals surface area contributed by atoms with Gasteiger partial charge < -0.3 is 15.5 Å². The van der Waals surface area contributed by atoms with Crippen LogP contribution in [0.2, 0.25) is 0 Å². The average molecular weight is 500 g/mol. The SMILES string of the molecule is CC1CCN(C(=O)C(CCCNc2ccccn2)NS(=O)(=O)c2cccc3c2NCC(C)C3)CC1. The zero-order valence-electron chi connectivity index (χ0n) is 20.7. The molecule has 2 aromatic rings. The van der Waals surface area contributed by atoms with Gasteiger partial charge in [-0.05, 0) is 67.7 Å².